The number of carbonyl (C=O) groups excluding carboxylic acids is 1. The average molecular weight is 353 g/mol. The third-order valence-corrected chi connectivity index (χ3v) is 6.40. The maximum absolute atomic E-state index is 12.4. The lowest BCUT2D eigenvalue weighted by molar-refractivity contribution is 0.121. The minimum absolute atomic E-state index is 0.110. The highest BCUT2D eigenvalue weighted by Gasteiger charge is 2.34. The molecule has 2 aliphatic rings. The number of hydrogen-bond donors (Lipinski definition) is 1. The van der Waals surface area contributed by atoms with Crippen LogP contribution in [0.25, 0.3) is 0 Å². The molecule has 7 nitrogen and oxygen atoms in total. The van der Waals surface area contributed by atoms with Gasteiger partial charge in [0.05, 0.1) is 18.6 Å². The highest BCUT2D eigenvalue weighted by Crippen LogP contribution is 2.20. The molecule has 0 spiro atoms. The Bertz CT molecular complexity index is 699. The van der Waals surface area contributed by atoms with Crippen molar-refractivity contribution in [1.82, 2.24) is 9.80 Å². The third kappa shape index (κ3) is 3.99. The van der Waals surface area contributed by atoms with Crippen LogP contribution in [-0.4, -0.2) is 75.1 Å². The van der Waals surface area contributed by atoms with Gasteiger partial charge in [-0.05, 0) is 18.6 Å². The Labute approximate surface area is 142 Å². The summed E-state index contributed by atoms with van der Waals surface area (Å²) >= 11 is 0. The van der Waals surface area contributed by atoms with E-state index < -0.39 is 9.84 Å². The lowest BCUT2D eigenvalue weighted by Gasteiger charge is -2.37. The highest BCUT2D eigenvalue weighted by molar-refractivity contribution is 7.91. The number of methoxy groups -OCH3 is 1. The number of urea groups is 1. The van der Waals surface area contributed by atoms with Crippen LogP contribution in [0.1, 0.15) is 6.42 Å². The van der Waals surface area contributed by atoms with Crippen molar-refractivity contribution >= 4 is 21.6 Å². The van der Waals surface area contributed by atoms with E-state index in [-0.39, 0.29) is 23.6 Å². The van der Waals surface area contributed by atoms with Crippen LogP contribution in [0.2, 0.25) is 0 Å². The Balaban J connectivity index is 1.52. The number of rotatable bonds is 3. The topological polar surface area (TPSA) is 79.0 Å². The first-order valence-corrected chi connectivity index (χ1v) is 9.93. The number of benzene rings is 1. The second-order valence-corrected chi connectivity index (χ2v) is 8.47. The molecule has 0 aromatic heterocycles. The van der Waals surface area contributed by atoms with E-state index in [4.69, 9.17) is 4.74 Å². The second kappa shape index (κ2) is 6.98. The molecule has 2 amide bonds. The predicted molar refractivity (Wildman–Crippen MR) is 92.2 cm³/mol. The number of nitrogens with zero attached hydrogens (tertiary/aromatic N) is 2. The maximum Gasteiger partial charge on any atom is 0.321 e. The molecule has 2 fully saturated rings. The van der Waals surface area contributed by atoms with Crippen molar-refractivity contribution in [3.8, 4) is 5.75 Å². The van der Waals surface area contributed by atoms with Gasteiger partial charge in [0.1, 0.15) is 5.75 Å². The second-order valence-electron chi connectivity index (χ2n) is 6.24. The lowest BCUT2D eigenvalue weighted by atomic mass is 10.2. The van der Waals surface area contributed by atoms with E-state index in [1.165, 1.54) is 0 Å². The van der Waals surface area contributed by atoms with Gasteiger partial charge in [-0.15, -0.1) is 0 Å². The summed E-state index contributed by atoms with van der Waals surface area (Å²) in [7, 11) is -1.28. The zero-order chi connectivity index (χ0) is 17.2. The number of hydrogen-bond acceptors (Lipinski definition) is 5. The molecule has 1 unspecified atom stereocenters. The molecule has 132 valence electrons. The fraction of sp³-hybridized carbons (Fsp3) is 0.562. The van der Waals surface area contributed by atoms with Gasteiger partial charge in [0, 0.05) is 44.0 Å². The Morgan fingerprint density at radius 1 is 1.25 bits per heavy atom. The summed E-state index contributed by atoms with van der Waals surface area (Å²) in [5.74, 6) is 1.23. The first kappa shape index (κ1) is 17.0. The monoisotopic (exact) mass is 353 g/mol. The summed E-state index contributed by atoms with van der Waals surface area (Å²) in [4.78, 5) is 16.3. The number of ether oxygens (including phenoxy) is 1. The number of anilines is 1. The number of carbonyl (C=O) groups is 1. The third-order valence-electron chi connectivity index (χ3n) is 4.65. The molecule has 2 saturated heterocycles. The standard InChI is InChI=1S/C16H23N3O4S/c1-23-15-4-2-3-13(11-15)17-16(20)19-8-6-18(7-9-19)14-5-10-24(21,22)12-14/h2-4,11,14H,5-10,12H2,1H3,(H,17,20). The van der Waals surface area contributed by atoms with E-state index in [1.54, 1.807) is 18.1 Å². The maximum atomic E-state index is 12.4. The molecule has 2 aliphatic heterocycles. The summed E-state index contributed by atoms with van der Waals surface area (Å²) in [5.41, 5.74) is 0.698. The molecule has 3 rings (SSSR count). The summed E-state index contributed by atoms with van der Waals surface area (Å²) < 4.78 is 28.3. The minimum atomic E-state index is -2.87. The Kier molecular flexibility index (Phi) is 4.96. The summed E-state index contributed by atoms with van der Waals surface area (Å²) in [6.45, 7) is 2.64. The van der Waals surface area contributed by atoms with Crippen molar-refractivity contribution in [3.05, 3.63) is 24.3 Å². The molecular formula is C16H23N3O4S. The van der Waals surface area contributed by atoms with Crippen molar-refractivity contribution in [2.45, 2.75) is 12.5 Å². The van der Waals surface area contributed by atoms with Gasteiger partial charge in [-0.25, -0.2) is 13.2 Å². The van der Waals surface area contributed by atoms with Gasteiger partial charge in [0.25, 0.3) is 0 Å². The first-order chi connectivity index (χ1) is 11.5. The van der Waals surface area contributed by atoms with Gasteiger partial charge in [0.15, 0.2) is 9.84 Å². The lowest BCUT2D eigenvalue weighted by Crippen LogP contribution is -2.53. The van der Waals surface area contributed by atoms with E-state index >= 15 is 0 Å². The van der Waals surface area contributed by atoms with E-state index in [2.05, 4.69) is 10.2 Å². The van der Waals surface area contributed by atoms with Crippen LogP contribution in [-0.2, 0) is 9.84 Å². The normalized spacial score (nSPS) is 23.9. The number of nitrogens with one attached hydrogen (secondary N) is 1. The molecule has 8 heteroatoms. The zero-order valence-electron chi connectivity index (χ0n) is 13.8. The summed E-state index contributed by atoms with van der Waals surface area (Å²) in [6, 6.07) is 7.22. The van der Waals surface area contributed by atoms with Gasteiger partial charge in [-0.1, -0.05) is 6.07 Å². The minimum Gasteiger partial charge on any atom is -0.497 e. The van der Waals surface area contributed by atoms with Crippen molar-refractivity contribution in [3.63, 3.8) is 0 Å². The van der Waals surface area contributed by atoms with Crippen LogP contribution in [0.5, 0.6) is 5.75 Å². The number of piperazine rings is 1. The van der Waals surface area contributed by atoms with Crippen LogP contribution in [0.3, 0.4) is 0 Å². The fourth-order valence-electron chi connectivity index (χ4n) is 3.26. The van der Waals surface area contributed by atoms with Gasteiger partial charge < -0.3 is 15.0 Å². The van der Waals surface area contributed by atoms with Gasteiger partial charge in [-0.2, -0.15) is 0 Å². The van der Waals surface area contributed by atoms with Crippen molar-refractivity contribution in [1.29, 1.82) is 0 Å². The Hall–Kier alpha value is -1.80. The van der Waals surface area contributed by atoms with Crippen molar-refractivity contribution < 1.29 is 17.9 Å². The number of sulfone groups is 1. The van der Waals surface area contributed by atoms with Crippen LogP contribution in [0, 0.1) is 0 Å². The molecule has 1 N–H and O–H groups in total. The van der Waals surface area contributed by atoms with E-state index in [9.17, 15) is 13.2 Å². The molecule has 0 saturated carbocycles. The average Bonchev–Trinajstić information content (AvgIpc) is 2.95. The molecule has 2 heterocycles. The van der Waals surface area contributed by atoms with Crippen molar-refractivity contribution in [2.24, 2.45) is 0 Å². The zero-order valence-corrected chi connectivity index (χ0v) is 14.6. The largest absolute Gasteiger partial charge is 0.497 e. The van der Waals surface area contributed by atoms with E-state index in [0.717, 1.165) is 0 Å². The van der Waals surface area contributed by atoms with Crippen molar-refractivity contribution in [2.75, 3.05) is 50.1 Å². The predicted octanol–water partition coefficient (Wildman–Crippen LogP) is 1.03. The molecule has 1 aromatic carbocycles. The molecule has 0 radical (unpaired) electrons. The van der Waals surface area contributed by atoms with Crippen LogP contribution in [0.4, 0.5) is 10.5 Å². The van der Waals surface area contributed by atoms with E-state index in [1.807, 2.05) is 18.2 Å². The van der Waals surface area contributed by atoms with Gasteiger partial charge in [-0.3, -0.25) is 4.90 Å². The molecule has 24 heavy (non-hydrogen) atoms. The number of amides is 2. The summed E-state index contributed by atoms with van der Waals surface area (Å²) in [5, 5.41) is 2.88. The molecule has 0 aliphatic carbocycles. The van der Waals surface area contributed by atoms with Crippen LogP contribution >= 0.6 is 0 Å². The fourth-order valence-corrected chi connectivity index (χ4v) is 5.02. The van der Waals surface area contributed by atoms with Gasteiger partial charge >= 0.3 is 6.03 Å². The quantitative estimate of drug-likeness (QED) is 0.878. The van der Waals surface area contributed by atoms with Crippen LogP contribution in [0.15, 0.2) is 24.3 Å². The smallest absolute Gasteiger partial charge is 0.321 e. The van der Waals surface area contributed by atoms with Gasteiger partial charge in [0.2, 0.25) is 0 Å². The molecular weight excluding hydrogens is 330 g/mol. The Morgan fingerprint density at radius 3 is 2.62 bits per heavy atom. The van der Waals surface area contributed by atoms with E-state index in [0.29, 0.717) is 44.0 Å². The first-order valence-electron chi connectivity index (χ1n) is 8.11. The molecule has 1 aromatic rings. The van der Waals surface area contributed by atoms with Crippen LogP contribution < -0.4 is 10.1 Å². The molecule has 0 bridgehead atoms. The Morgan fingerprint density at radius 2 is 2.00 bits per heavy atom. The molecule has 1 atom stereocenters. The summed E-state index contributed by atoms with van der Waals surface area (Å²) in [6.07, 6.45) is 0.707. The SMILES string of the molecule is COc1cccc(NC(=O)N2CCN(C3CCS(=O)(=O)C3)CC2)c1. The highest BCUT2D eigenvalue weighted by atomic mass is 32.2.